The maximum atomic E-state index is 8.10. The third kappa shape index (κ3) is 5.81. The molecule has 0 aliphatic rings. The lowest BCUT2D eigenvalue weighted by Crippen LogP contribution is -2.23. The van der Waals surface area contributed by atoms with Crippen LogP contribution in [0, 0.1) is 17.2 Å². The molecule has 0 radical (unpaired) electrons. The minimum atomic E-state index is 0.387. The van der Waals surface area contributed by atoms with Crippen LogP contribution in [0.3, 0.4) is 0 Å². The predicted octanol–water partition coefficient (Wildman–Crippen LogP) is 3.60. The summed E-state index contributed by atoms with van der Waals surface area (Å²) in [4.78, 5) is 10.5. The third-order valence-electron chi connectivity index (χ3n) is 3.06. The molecule has 1 N–H and O–H groups in total. The highest BCUT2D eigenvalue weighted by atomic mass is 15.1. The molecule has 0 aliphatic carbocycles. The fourth-order valence-electron chi connectivity index (χ4n) is 1.71. The second-order valence-electron chi connectivity index (χ2n) is 5.16. The largest absolute Gasteiger partial charge is 0.361 e. The van der Waals surface area contributed by atoms with Gasteiger partial charge in [-0.05, 0) is 32.1 Å². The Hall–Kier alpha value is -1.45. The smallest absolute Gasteiger partial charge is 0.148 e. The molecule has 0 aromatic rings. The van der Waals surface area contributed by atoms with Crippen molar-refractivity contribution in [3.8, 4) is 0 Å². The van der Waals surface area contributed by atoms with Crippen molar-refractivity contribution >= 4 is 18.3 Å². The fourth-order valence-corrected chi connectivity index (χ4v) is 1.71. The van der Waals surface area contributed by atoms with Gasteiger partial charge in [-0.25, -0.2) is 0 Å². The number of aliphatic imine (C=N–C) groups is 2. The SMILES string of the molecule is C\C=N/C(C)=C(/N=C\C(CC)C(C)C)C(=N)N(C)C. The lowest BCUT2D eigenvalue weighted by atomic mass is 9.95. The summed E-state index contributed by atoms with van der Waals surface area (Å²) in [7, 11) is 3.70. The standard InChI is InChI=1S/C15H28N4/c1-8-13(11(3)4)10-18-14(12(5)17-9-2)15(16)19(6)7/h9-11,13,16H,8H2,1-7H3/b14-12+,16-15?,17-9-,18-10-. The number of allylic oxidation sites excluding steroid dienone is 1. The second-order valence-corrected chi connectivity index (χ2v) is 5.16. The molecular weight excluding hydrogens is 236 g/mol. The van der Waals surface area contributed by atoms with E-state index in [9.17, 15) is 0 Å². The quantitative estimate of drug-likeness (QED) is 0.578. The molecule has 108 valence electrons. The minimum absolute atomic E-state index is 0.387. The first-order valence-corrected chi connectivity index (χ1v) is 6.85. The average Bonchev–Trinajstić information content (AvgIpc) is 2.33. The van der Waals surface area contributed by atoms with Gasteiger partial charge < -0.3 is 4.90 Å². The molecule has 0 saturated carbocycles. The van der Waals surface area contributed by atoms with E-state index >= 15 is 0 Å². The Kier molecular flexibility index (Phi) is 7.96. The number of likely N-dealkylation sites (N-methyl/N-ethyl adjacent to an activating group) is 1. The summed E-state index contributed by atoms with van der Waals surface area (Å²) >= 11 is 0. The predicted molar refractivity (Wildman–Crippen MR) is 85.4 cm³/mol. The Morgan fingerprint density at radius 1 is 1.26 bits per heavy atom. The van der Waals surface area contributed by atoms with Gasteiger partial charge in [-0.15, -0.1) is 0 Å². The van der Waals surface area contributed by atoms with Gasteiger partial charge in [0.2, 0.25) is 0 Å². The van der Waals surface area contributed by atoms with Crippen molar-refractivity contribution in [2.45, 2.75) is 41.0 Å². The van der Waals surface area contributed by atoms with E-state index in [1.807, 2.05) is 34.2 Å². The van der Waals surface area contributed by atoms with Crippen LogP contribution < -0.4 is 0 Å². The van der Waals surface area contributed by atoms with Crippen LogP contribution in [0.1, 0.15) is 41.0 Å². The molecule has 4 heteroatoms. The number of hydrogen-bond acceptors (Lipinski definition) is 3. The molecule has 0 fully saturated rings. The van der Waals surface area contributed by atoms with E-state index < -0.39 is 0 Å². The van der Waals surface area contributed by atoms with Crippen LogP contribution in [0.5, 0.6) is 0 Å². The molecule has 0 aromatic carbocycles. The molecule has 0 amide bonds. The van der Waals surface area contributed by atoms with Crippen molar-refractivity contribution in [3.05, 3.63) is 11.4 Å². The van der Waals surface area contributed by atoms with E-state index in [-0.39, 0.29) is 0 Å². The molecule has 4 nitrogen and oxygen atoms in total. The Balaban J connectivity index is 5.35. The van der Waals surface area contributed by atoms with Crippen LogP contribution in [0.4, 0.5) is 0 Å². The van der Waals surface area contributed by atoms with Gasteiger partial charge in [0.25, 0.3) is 0 Å². The summed E-state index contributed by atoms with van der Waals surface area (Å²) in [6.07, 6.45) is 4.75. The lowest BCUT2D eigenvalue weighted by Gasteiger charge is -2.17. The van der Waals surface area contributed by atoms with Crippen LogP contribution in [0.2, 0.25) is 0 Å². The first kappa shape index (κ1) is 17.6. The summed E-state index contributed by atoms with van der Waals surface area (Å²) in [5.41, 5.74) is 1.42. The van der Waals surface area contributed by atoms with Gasteiger partial charge >= 0.3 is 0 Å². The molecule has 0 spiro atoms. The maximum Gasteiger partial charge on any atom is 0.148 e. The summed E-state index contributed by atoms with van der Waals surface area (Å²) in [6.45, 7) is 10.3. The topological polar surface area (TPSA) is 51.8 Å². The fraction of sp³-hybridized carbons (Fsp3) is 0.667. The monoisotopic (exact) mass is 264 g/mol. The molecule has 0 aromatic heterocycles. The number of nitrogens with zero attached hydrogens (tertiary/aromatic N) is 3. The van der Waals surface area contributed by atoms with Gasteiger partial charge in [0.1, 0.15) is 11.5 Å². The summed E-state index contributed by atoms with van der Waals surface area (Å²) in [6, 6.07) is 0. The lowest BCUT2D eigenvalue weighted by molar-refractivity contribution is 0.488. The van der Waals surface area contributed by atoms with Crippen molar-refractivity contribution < 1.29 is 0 Å². The molecule has 0 saturated heterocycles. The Bertz CT molecular complexity index is 376. The number of rotatable bonds is 6. The highest BCUT2D eigenvalue weighted by Crippen LogP contribution is 2.15. The Morgan fingerprint density at radius 3 is 2.21 bits per heavy atom. The van der Waals surface area contributed by atoms with E-state index in [1.165, 1.54) is 0 Å². The van der Waals surface area contributed by atoms with Gasteiger partial charge in [0, 0.05) is 26.5 Å². The molecular formula is C15H28N4. The normalized spacial score (nSPS) is 15.2. The van der Waals surface area contributed by atoms with Crippen molar-refractivity contribution in [3.63, 3.8) is 0 Å². The van der Waals surface area contributed by atoms with E-state index in [0.29, 0.717) is 23.4 Å². The van der Waals surface area contributed by atoms with E-state index in [0.717, 1.165) is 12.1 Å². The van der Waals surface area contributed by atoms with Crippen LogP contribution >= 0.6 is 0 Å². The highest BCUT2D eigenvalue weighted by Gasteiger charge is 2.12. The van der Waals surface area contributed by atoms with Gasteiger partial charge in [0.15, 0.2) is 0 Å². The molecule has 1 unspecified atom stereocenters. The van der Waals surface area contributed by atoms with Crippen LogP contribution in [-0.2, 0) is 0 Å². The Morgan fingerprint density at radius 2 is 1.84 bits per heavy atom. The van der Waals surface area contributed by atoms with Crippen molar-refractivity contribution in [2.75, 3.05) is 14.1 Å². The maximum absolute atomic E-state index is 8.10. The number of amidine groups is 1. The van der Waals surface area contributed by atoms with Crippen LogP contribution in [0.25, 0.3) is 0 Å². The van der Waals surface area contributed by atoms with E-state index in [4.69, 9.17) is 5.41 Å². The number of hydrogen-bond donors (Lipinski definition) is 1. The zero-order valence-electron chi connectivity index (χ0n) is 13.4. The molecule has 0 rings (SSSR count). The van der Waals surface area contributed by atoms with Gasteiger partial charge in [0.05, 0.1) is 5.70 Å². The molecule has 0 bridgehead atoms. The second kappa shape index (κ2) is 8.62. The summed E-state index contributed by atoms with van der Waals surface area (Å²) < 4.78 is 0. The molecule has 0 heterocycles. The van der Waals surface area contributed by atoms with Crippen LogP contribution in [-0.4, -0.2) is 37.3 Å². The van der Waals surface area contributed by atoms with Crippen molar-refractivity contribution in [1.29, 1.82) is 5.41 Å². The van der Waals surface area contributed by atoms with E-state index in [2.05, 4.69) is 30.8 Å². The van der Waals surface area contributed by atoms with Gasteiger partial charge in [-0.3, -0.25) is 15.4 Å². The molecule has 1 atom stereocenters. The summed E-state index contributed by atoms with van der Waals surface area (Å²) in [5, 5.41) is 8.10. The highest BCUT2D eigenvalue weighted by molar-refractivity contribution is 5.97. The van der Waals surface area contributed by atoms with Crippen molar-refractivity contribution in [2.24, 2.45) is 21.8 Å². The molecule has 0 aliphatic heterocycles. The van der Waals surface area contributed by atoms with Crippen LogP contribution in [0.15, 0.2) is 21.4 Å². The Labute approximate surface area is 117 Å². The summed E-state index contributed by atoms with van der Waals surface area (Å²) in [5.74, 6) is 1.37. The van der Waals surface area contributed by atoms with Gasteiger partial charge in [-0.2, -0.15) is 0 Å². The first-order valence-electron chi connectivity index (χ1n) is 6.85. The zero-order chi connectivity index (χ0) is 15.0. The van der Waals surface area contributed by atoms with Gasteiger partial charge in [-0.1, -0.05) is 20.8 Å². The number of nitrogens with one attached hydrogen (secondary N) is 1. The molecule has 19 heavy (non-hydrogen) atoms. The third-order valence-corrected chi connectivity index (χ3v) is 3.06. The average molecular weight is 264 g/mol. The first-order chi connectivity index (χ1) is 8.84. The van der Waals surface area contributed by atoms with E-state index in [1.54, 1.807) is 11.1 Å². The van der Waals surface area contributed by atoms with Crippen molar-refractivity contribution in [1.82, 2.24) is 4.90 Å². The zero-order valence-corrected chi connectivity index (χ0v) is 13.4. The minimum Gasteiger partial charge on any atom is -0.361 e.